The molecule has 2 amide bonds. The number of β-lactam (4-membered cyclic amide) rings is 1. The largest absolute Gasteiger partial charge is 0.477 e. The lowest BCUT2D eigenvalue weighted by Gasteiger charge is -2.49. The second-order valence-electron chi connectivity index (χ2n) is 5.93. The monoisotopic (exact) mass is 394 g/mol. The molecule has 2 aliphatic heterocycles. The molecule has 1 fully saturated rings. The Balaban J connectivity index is 1.76. The molecule has 3 heterocycles. The van der Waals surface area contributed by atoms with E-state index in [0.717, 1.165) is 4.90 Å². The maximum Gasteiger partial charge on any atom is 0.352 e. The molecular formula is C16H18N4O6S. The predicted molar refractivity (Wildman–Crippen MR) is 93.5 cm³/mol. The van der Waals surface area contributed by atoms with Crippen LogP contribution in [0.5, 0.6) is 0 Å². The summed E-state index contributed by atoms with van der Waals surface area (Å²) < 4.78 is 6.38. The number of rotatable bonds is 6. The van der Waals surface area contributed by atoms with Gasteiger partial charge in [-0.3, -0.25) is 24.0 Å². The fraction of sp³-hybridized carbons (Fsp3) is 0.438. The van der Waals surface area contributed by atoms with Crippen molar-refractivity contribution in [2.24, 2.45) is 0 Å². The van der Waals surface area contributed by atoms with Crippen LogP contribution >= 0.6 is 11.8 Å². The highest BCUT2D eigenvalue weighted by atomic mass is 32.2. The molecule has 0 aromatic carbocycles. The van der Waals surface area contributed by atoms with Crippen LogP contribution in [0.3, 0.4) is 0 Å². The van der Waals surface area contributed by atoms with Crippen LogP contribution in [0.15, 0.2) is 23.5 Å². The SMILES string of the molecule is CCn1nccc1C(=O)N[C@@H]1C(=O)N2C(C(=O)O)=C(COC(C)=O)CS[C@H]12. The standard InChI is InChI=1S/C16H18N4O6S/c1-3-19-10(4-5-17-19)13(22)18-11-14(23)20-12(16(24)25)9(6-26-8(2)21)7-27-15(11)20/h4-5,11,15H,3,6-7H2,1-2H3,(H,18,22)(H,24,25)/t11-,15-/m1/s1. The molecule has 0 spiro atoms. The Labute approximate surface area is 158 Å². The molecule has 10 nitrogen and oxygen atoms in total. The fourth-order valence-electron chi connectivity index (χ4n) is 2.98. The minimum atomic E-state index is -1.27. The van der Waals surface area contributed by atoms with E-state index in [1.54, 1.807) is 6.07 Å². The maximum absolute atomic E-state index is 12.5. The highest BCUT2D eigenvalue weighted by Crippen LogP contribution is 2.40. The number of carboxylic acid groups (broad SMARTS) is 1. The fourth-order valence-corrected chi connectivity index (χ4v) is 4.30. The van der Waals surface area contributed by atoms with Gasteiger partial charge >= 0.3 is 11.9 Å². The van der Waals surface area contributed by atoms with Crippen LogP contribution in [0.25, 0.3) is 0 Å². The molecule has 3 rings (SSSR count). The minimum absolute atomic E-state index is 0.186. The Morgan fingerprint density at radius 1 is 1.44 bits per heavy atom. The number of amides is 2. The third-order valence-electron chi connectivity index (χ3n) is 4.23. The summed E-state index contributed by atoms with van der Waals surface area (Å²) in [6, 6.07) is 0.723. The number of carboxylic acids is 1. The molecule has 0 bridgehead atoms. The Bertz CT molecular complexity index is 848. The first-order valence-electron chi connectivity index (χ1n) is 8.21. The molecule has 1 aromatic rings. The smallest absolute Gasteiger partial charge is 0.352 e. The Hall–Kier alpha value is -2.82. The normalized spacial score (nSPS) is 21.4. The third-order valence-corrected chi connectivity index (χ3v) is 5.57. The van der Waals surface area contributed by atoms with E-state index >= 15 is 0 Å². The number of thioether (sulfide) groups is 1. The highest BCUT2D eigenvalue weighted by molar-refractivity contribution is 8.00. The molecule has 2 atom stereocenters. The van der Waals surface area contributed by atoms with Crippen molar-refractivity contribution in [3.63, 3.8) is 0 Å². The molecule has 144 valence electrons. The van der Waals surface area contributed by atoms with E-state index in [0.29, 0.717) is 17.8 Å². The number of carbonyl (C=O) groups is 4. The van der Waals surface area contributed by atoms with Gasteiger partial charge in [0.1, 0.15) is 29.4 Å². The van der Waals surface area contributed by atoms with Gasteiger partial charge in [-0.05, 0) is 13.0 Å². The molecule has 0 saturated carbocycles. The van der Waals surface area contributed by atoms with E-state index < -0.39 is 35.2 Å². The van der Waals surface area contributed by atoms with Crippen LogP contribution in [0.2, 0.25) is 0 Å². The van der Waals surface area contributed by atoms with Crippen LogP contribution < -0.4 is 5.32 Å². The summed E-state index contributed by atoms with van der Waals surface area (Å²) in [6.45, 7) is 3.38. The highest BCUT2D eigenvalue weighted by Gasteiger charge is 2.54. The van der Waals surface area contributed by atoms with Gasteiger partial charge in [0.2, 0.25) is 0 Å². The molecule has 0 aliphatic carbocycles. The van der Waals surface area contributed by atoms with E-state index in [4.69, 9.17) is 4.74 Å². The van der Waals surface area contributed by atoms with Crippen LogP contribution in [0.1, 0.15) is 24.3 Å². The van der Waals surface area contributed by atoms with E-state index in [1.807, 2.05) is 6.92 Å². The van der Waals surface area contributed by atoms with Gasteiger partial charge in [0, 0.05) is 31.0 Å². The third kappa shape index (κ3) is 3.42. The number of aliphatic carboxylic acids is 1. The minimum Gasteiger partial charge on any atom is -0.477 e. The summed E-state index contributed by atoms with van der Waals surface area (Å²) in [5.74, 6) is -2.49. The number of hydrogen-bond acceptors (Lipinski definition) is 7. The van der Waals surface area contributed by atoms with Gasteiger partial charge in [-0.2, -0.15) is 5.10 Å². The number of hydrogen-bond donors (Lipinski definition) is 2. The number of aryl methyl sites for hydroxylation is 1. The molecule has 2 N–H and O–H groups in total. The Kier molecular flexibility index (Phi) is 5.22. The van der Waals surface area contributed by atoms with Gasteiger partial charge in [0.05, 0.1) is 0 Å². The molecule has 11 heteroatoms. The van der Waals surface area contributed by atoms with E-state index in [-0.39, 0.29) is 18.1 Å². The molecule has 1 saturated heterocycles. The number of ether oxygens (including phenoxy) is 1. The van der Waals surface area contributed by atoms with Gasteiger partial charge in [0.25, 0.3) is 11.8 Å². The maximum atomic E-state index is 12.5. The Morgan fingerprint density at radius 2 is 2.19 bits per heavy atom. The summed E-state index contributed by atoms with van der Waals surface area (Å²) in [5, 5.41) is 15.6. The second kappa shape index (κ2) is 7.43. The van der Waals surface area contributed by atoms with Crippen molar-refractivity contribution < 1.29 is 29.0 Å². The summed E-state index contributed by atoms with van der Waals surface area (Å²) >= 11 is 1.31. The summed E-state index contributed by atoms with van der Waals surface area (Å²) in [7, 11) is 0. The van der Waals surface area contributed by atoms with E-state index in [2.05, 4.69) is 10.4 Å². The number of nitrogens with zero attached hydrogens (tertiary/aromatic N) is 3. The van der Waals surface area contributed by atoms with Crippen molar-refractivity contribution in [1.82, 2.24) is 20.0 Å². The van der Waals surface area contributed by atoms with Gasteiger partial charge in [-0.15, -0.1) is 11.8 Å². The predicted octanol–water partition coefficient (Wildman–Crippen LogP) is -0.182. The average Bonchev–Trinajstić information content (AvgIpc) is 3.11. The van der Waals surface area contributed by atoms with Crippen molar-refractivity contribution in [2.75, 3.05) is 12.4 Å². The summed E-state index contributed by atoms with van der Waals surface area (Å²) in [4.78, 5) is 48.7. The average molecular weight is 394 g/mol. The van der Waals surface area contributed by atoms with Crippen molar-refractivity contribution in [1.29, 1.82) is 0 Å². The zero-order valence-electron chi connectivity index (χ0n) is 14.7. The number of carbonyl (C=O) groups excluding carboxylic acids is 3. The van der Waals surface area contributed by atoms with Gasteiger partial charge in [-0.1, -0.05) is 0 Å². The topological polar surface area (TPSA) is 131 Å². The Morgan fingerprint density at radius 3 is 2.81 bits per heavy atom. The molecule has 1 aromatic heterocycles. The molecular weight excluding hydrogens is 376 g/mol. The van der Waals surface area contributed by atoms with Crippen molar-refractivity contribution in [3.8, 4) is 0 Å². The number of fused-ring (bicyclic) bond motifs is 1. The van der Waals surface area contributed by atoms with Gasteiger partial charge < -0.3 is 15.2 Å². The first-order valence-corrected chi connectivity index (χ1v) is 9.26. The lowest BCUT2D eigenvalue weighted by atomic mass is 10.0. The number of aromatic nitrogens is 2. The van der Waals surface area contributed by atoms with Gasteiger partial charge in [0.15, 0.2) is 0 Å². The molecule has 2 aliphatic rings. The molecule has 27 heavy (non-hydrogen) atoms. The van der Waals surface area contributed by atoms with E-state index in [9.17, 15) is 24.3 Å². The zero-order valence-corrected chi connectivity index (χ0v) is 15.5. The first kappa shape index (κ1) is 19.0. The van der Waals surface area contributed by atoms with Crippen LogP contribution in [0.4, 0.5) is 0 Å². The van der Waals surface area contributed by atoms with Crippen LogP contribution in [0, 0.1) is 0 Å². The molecule has 0 radical (unpaired) electrons. The van der Waals surface area contributed by atoms with Crippen molar-refractivity contribution in [2.45, 2.75) is 31.8 Å². The van der Waals surface area contributed by atoms with Gasteiger partial charge in [-0.25, -0.2) is 4.79 Å². The van der Waals surface area contributed by atoms with E-state index in [1.165, 1.54) is 29.6 Å². The quantitative estimate of drug-likeness (QED) is 0.502. The number of esters is 1. The summed E-state index contributed by atoms with van der Waals surface area (Å²) in [5.41, 5.74) is 0.490. The zero-order chi connectivity index (χ0) is 19.7. The number of nitrogens with one attached hydrogen (secondary N) is 1. The lowest BCUT2D eigenvalue weighted by molar-refractivity contribution is -0.149. The second-order valence-corrected chi connectivity index (χ2v) is 7.04. The first-order chi connectivity index (χ1) is 12.8. The lowest BCUT2D eigenvalue weighted by Crippen LogP contribution is -2.70. The van der Waals surface area contributed by atoms with Crippen molar-refractivity contribution >= 4 is 35.5 Å². The van der Waals surface area contributed by atoms with Crippen LogP contribution in [-0.4, -0.2) is 67.3 Å². The van der Waals surface area contributed by atoms with Crippen LogP contribution in [-0.2, 0) is 25.7 Å². The summed E-state index contributed by atoms with van der Waals surface area (Å²) in [6.07, 6.45) is 1.50. The molecule has 0 unspecified atom stereocenters. The van der Waals surface area contributed by atoms with Crippen molar-refractivity contribution in [3.05, 3.63) is 29.2 Å².